The van der Waals surface area contributed by atoms with Crippen molar-refractivity contribution >= 4 is 23.1 Å². The Morgan fingerprint density at radius 2 is 1.48 bits per heavy atom. The summed E-state index contributed by atoms with van der Waals surface area (Å²) in [7, 11) is 0. The van der Waals surface area contributed by atoms with Crippen molar-refractivity contribution in [3.05, 3.63) is 70.9 Å². The summed E-state index contributed by atoms with van der Waals surface area (Å²) in [5.74, 6) is -0.514. The van der Waals surface area contributed by atoms with E-state index in [0.717, 1.165) is 49.4 Å². The van der Waals surface area contributed by atoms with Crippen molar-refractivity contribution in [2.24, 2.45) is 0 Å². The van der Waals surface area contributed by atoms with Gasteiger partial charge in [0.1, 0.15) is 0 Å². The van der Waals surface area contributed by atoms with Crippen LogP contribution in [-0.4, -0.2) is 54.3 Å². The van der Waals surface area contributed by atoms with Gasteiger partial charge in [0.05, 0.1) is 11.3 Å². The molecule has 0 bridgehead atoms. The summed E-state index contributed by atoms with van der Waals surface area (Å²) in [6, 6.07) is 13.3. The first-order valence-electron chi connectivity index (χ1n) is 10.2. The molecule has 2 amide bonds. The fourth-order valence-electron chi connectivity index (χ4n) is 4.18. The minimum Gasteiger partial charge on any atom is -0.374 e. The van der Waals surface area contributed by atoms with Crippen molar-refractivity contribution in [1.82, 2.24) is 9.80 Å². The van der Waals surface area contributed by atoms with Gasteiger partial charge in [0, 0.05) is 43.5 Å². The number of likely N-dealkylation sites (N-methyl/N-ethyl adjacent to an activating group) is 1. The molecule has 29 heavy (non-hydrogen) atoms. The van der Waals surface area contributed by atoms with Crippen LogP contribution in [0.25, 0.3) is 5.57 Å². The Hall–Kier alpha value is -2.92. The number of fused-ring (bicyclic) bond motifs is 1. The van der Waals surface area contributed by atoms with E-state index in [-0.39, 0.29) is 11.8 Å². The number of carbonyl (C=O) groups excluding carboxylic acids is 2. The zero-order valence-corrected chi connectivity index (χ0v) is 17.3. The van der Waals surface area contributed by atoms with Crippen LogP contribution in [0.15, 0.2) is 48.7 Å². The number of imide groups is 1. The molecule has 2 aliphatic rings. The molecule has 1 fully saturated rings. The molecule has 2 aromatic carbocycles. The van der Waals surface area contributed by atoms with Gasteiger partial charge in [-0.15, -0.1) is 0 Å². The number of carbonyl (C=O) groups is 2. The quantitative estimate of drug-likeness (QED) is 0.596. The van der Waals surface area contributed by atoms with E-state index in [4.69, 9.17) is 0 Å². The number of hydrogen-bond acceptors (Lipinski definition) is 4. The second-order valence-electron chi connectivity index (χ2n) is 7.85. The number of aryl methyl sites for hydroxylation is 2. The summed E-state index contributed by atoms with van der Waals surface area (Å²) in [5.41, 5.74) is 4.57. The molecule has 5 nitrogen and oxygen atoms in total. The molecule has 5 heteroatoms. The maximum absolute atomic E-state index is 13.5. The molecular formula is C24H27N3O2. The third-order valence-electron chi connectivity index (χ3n) is 5.71. The summed E-state index contributed by atoms with van der Waals surface area (Å²) >= 11 is 0. The minimum atomic E-state index is -0.261. The average Bonchev–Trinajstić information content (AvgIpc) is 2.71. The van der Waals surface area contributed by atoms with Crippen LogP contribution in [-0.2, 0) is 4.79 Å². The zero-order chi connectivity index (χ0) is 20.5. The summed E-state index contributed by atoms with van der Waals surface area (Å²) in [4.78, 5) is 32.7. The predicted octanol–water partition coefficient (Wildman–Crippen LogP) is 3.47. The maximum atomic E-state index is 13.5. The Kier molecular flexibility index (Phi) is 5.24. The monoisotopic (exact) mass is 389 g/mol. The highest BCUT2D eigenvalue weighted by Gasteiger charge is 2.36. The Labute approximate surface area is 172 Å². The predicted molar refractivity (Wildman–Crippen MR) is 116 cm³/mol. The molecule has 0 spiro atoms. The van der Waals surface area contributed by atoms with E-state index in [1.807, 2.05) is 62.5 Å². The SMILES string of the molecule is CCN1CCN(C=C2C(=O)N(c3cc(C)cc(C)c3)C(=O)c3ccccc32)CC1. The molecule has 150 valence electrons. The van der Waals surface area contributed by atoms with Crippen LogP contribution in [0.1, 0.15) is 34.0 Å². The highest BCUT2D eigenvalue weighted by Crippen LogP contribution is 2.33. The average molecular weight is 389 g/mol. The molecule has 0 radical (unpaired) electrons. The smallest absolute Gasteiger partial charge is 0.267 e. The zero-order valence-electron chi connectivity index (χ0n) is 17.3. The normalized spacial score (nSPS) is 19.1. The largest absolute Gasteiger partial charge is 0.374 e. The van der Waals surface area contributed by atoms with Crippen LogP contribution in [0, 0.1) is 13.8 Å². The number of nitrogens with zero attached hydrogens (tertiary/aromatic N) is 3. The van der Waals surface area contributed by atoms with Crippen molar-refractivity contribution in [3.8, 4) is 0 Å². The molecule has 0 saturated carbocycles. The van der Waals surface area contributed by atoms with E-state index in [1.54, 1.807) is 0 Å². The first-order chi connectivity index (χ1) is 14.0. The van der Waals surface area contributed by atoms with Gasteiger partial charge in [-0.3, -0.25) is 9.59 Å². The lowest BCUT2D eigenvalue weighted by Gasteiger charge is -2.35. The van der Waals surface area contributed by atoms with Gasteiger partial charge < -0.3 is 9.80 Å². The number of hydrogen-bond donors (Lipinski definition) is 0. The summed E-state index contributed by atoms with van der Waals surface area (Å²) in [5, 5.41) is 0. The second-order valence-corrected chi connectivity index (χ2v) is 7.85. The van der Waals surface area contributed by atoms with Crippen molar-refractivity contribution in [2.45, 2.75) is 20.8 Å². The molecular weight excluding hydrogens is 362 g/mol. The van der Waals surface area contributed by atoms with Crippen molar-refractivity contribution < 1.29 is 9.59 Å². The second kappa shape index (κ2) is 7.84. The van der Waals surface area contributed by atoms with E-state index in [9.17, 15) is 9.59 Å². The summed E-state index contributed by atoms with van der Waals surface area (Å²) in [6.45, 7) is 10.9. The van der Waals surface area contributed by atoms with E-state index in [2.05, 4.69) is 16.7 Å². The number of anilines is 1. The van der Waals surface area contributed by atoms with Gasteiger partial charge in [-0.2, -0.15) is 0 Å². The van der Waals surface area contributed by atoms with Crippen LogP contribution in [0.3, 0.4) is 0 Å². The van der Waals surface area contributed by atoms with Crippen LogP contribution in [0.5, 0.6) is 0 Å². The fourth-order valence-corrected chi connectivity index (χ4v) is 4.18. The van der Waals surface area contributed by atoms with E-state index in [1.165, 1.54) is 4.90 Å². The molecule has 0 aromatic heterocycles. The van der Waals surface area contributed by atoms with Crippen molar-refractivity contribution in [2.75, 3.05) is 37.6 Å². The van der Waals surface area contributed by atoms with Gasteiger partial charge in [-0.05, 0) is 49.7 Å². The molecule has 2 heterocycles. The minimum absolute atomic E-state index is 0.253. The van der Waals surface area contributed by atoms with E-state index < -0.39 is 0 Å². The molecule has 0 atom stereocenters. The lowest BCUT2D eigenvalue weighted by Crippen LogP contribution is -2.45. The van der Waals surface area contributed by atoms with E-state index >= 15 is 0 Å². The molecule has 0 aliphatic carbocycles. The van der Waals surface area contributed by atoms with Crippen molar-refractivity contribution in [3.63, 3.8) is 0 Å². The number of rotatable bonds is 3. The van der Waals surface area contributed by atoms with Gasteiger partial charge in [0.2, 0.25) is 0 Å². The number of piperazine rings is 1. The maximum Gasteiger partial charge on any atom is 0.267 e. The lowest BCUT2D eigenvalue weighted by molar-refractivity contribution is -0.112. The number of amides is 2. The van der Waals surface area contributed by atoms with Crippen LogP contribution < -0.4 is 4.90 Å². The first kappa shape index (κ1) is 19.4. The Bertz CT molecular complexity index is 967. The third kappa shape index (κ3) is 3.70. The van der Waals surface area contributed by atoms with Gasteiger partial charge in [0.15, 0.2) is 0 Å². The third-order valence-corrected chi connectivity index (χ3v) is 5.71. The van der Waals surface area contributed by atoms with Gasteiger partial charge >= 0.3 is 0 Å². The van der Waals surface area contributed by atoms with E-state index in [0.29, 0.717) is 16.8 Å². The first-order valence-corrected chi connectivity index (χ1v) is 10.2. The Morgan fingerprint density at radius 3 is 2.10 bits per heavy atom. The molecule has 2 aromatic rings. The number of benzene rings is 2. The van der Waals surface area contributed by atoms with Crippen LogP contribution >= 0.6 is 0 Å². The lowest BCUT2D eigenvalue weighted by atomic mass is 9.93. The molecule has 0 N–H and O–H groups in total. The Balaban J connectivity index is 1.76. The van der Waals surface area contributed by atoms with Gasteiger partial charge in [0.25, 0.3) is 11.8 Å². The van der Waals surface area contributed by atoms with Crippen molar-refractivity contribution in [1.29, 1.82) is 0 Å². The summed E-state index contributed by atoms with van der Waals surface area (Å²) < 4.78 is 0. The highest BCUT2D eigenvalue weighted by atomic mass is 16.2. The van der Waals surface area contributed by atoms with Gasteiger partial charge in [-0.1, -0.05) is 31.2 Å². The van der Waals surface area contributed by atoms with Gasteiger partial charge in [-0.25, -0.2) is 4.90 Å². The molecule has 1 saturated heterocycles. The molecule has 2 aliphatic heterocycles. The fraction of sp³-hybridized carbons (Fsp3) is 0.333. The molecule has 4 rings (SSSR count). The highest BCUT2D eigenvalue weighted by molar-refractivity contribution is 6.41. The van der Waals surface area contributed by atoms with Crippen LogP contribution in [0.2, 0.25) is 0 Å². The Morgan fingerprint density at radius 1 is 0.862 bits per heavy atom. The van der Waals surface area contributed by atoms with Crippen LogP contribution in [0.4, 0.5) is 5.69 Å². The summed E-state index contributed by atoms with van der Waals surface area (Å²) in [6.07, 6.45) is 1.95. The molecule has 0 unspecified atom stereocenters. The topological polar surface area (TPSA) is 43.9 Å². The standard InChI is InChI=1S/C24H27N3O2/c1-4-25-9-11-26(12-10-25)16-22-20-7-5-6-8-21(20)23(28)27(24(22)29)19-14-17(2)13-18(3)15-19/h5-8,13-16H,4,9-12H2,1-3H3.